The van der Waals surface area contributed by atoms with Crippen LogP contribution in [0.1, 0.15) is 46.5 Å². The predicted molar refractivity (Wildman–Crippen MR) is 76.6 cm³/mol. The second-order valence-corrected chi connectivity index (χ2v) is 6.33. The van der Waals surface area contributed by atoms with Gasteiger partial charge >= 0.3 is 6.09 Å². The fourth-order valence-electron chi connectivity index (χ4n) is 2.29. The molecule has 0 bridgehead atoms. The fourth-order valence-corrected chi connectivity index (χ4v) is 2.29. The van der Waals surface area contributed by atoms with Gasteiger partial charge in [-0.15, -0.1) is 0 Å². The van der Waals surface area contributed by atoms with E-state index in [0.717, 1.165) is 25.9 Å². The van der Waals surface area contributed by atoms with Crippen LogP contribution in [0.25, 0.3) is 0 Å². The van der Waals surface area contributed by atoms with Gasteiger partial charge < -0.3 is 14.4 Å². The van der Waals surface area contributed by atoms with Gasteiger partial charge in [-0.1, -0.05) is 6.42 Å². The molecule has 1 amide bonds. The molecule has 0 aromatic carbocycles. The van der Waals surface area contributed by atoms with E-state index in [2.05, 4.69) is 0 Å². The van der Waals surface area contributed by atoms with E-state index in [0.29, 0.717) is 19.5 Å². The molecule has 5 heteroatoms. The molecule has 0 aromatic rings. The number of Topliss-reactive ketones (excluding diaryl/α,β-unsaturated/α-hetero) is 1. The predicted octanol–water partition coefficient (Wildman–Crippen LogP) is 2.63. The summed E-state index contributed by atoms with van der Waals surface area (Å²) >= 11 is 0. The lowest BCUT2D eigenvalue weighted by Crippen LogP contribution is -2.46. The van der Waals surface area contributed by atoms with Crippen molar-refractivity contribution in [2.24, 2.45) is 5.92 Å². The number of piperidine rings is 1. The van der Waals surface area contributed by atoms with Crippen LogP contribution in [0.5, 0.6) is 0 Å². The maximum Gasteiger partial charge on any atom is 0.410 e. The van der Waals surface area contributed by atoms with Gasteiger partial charge in [0.25, 0.3) is 0 Å². The molecule has 1 fully saturated rings. The van der Waals surface area contributed by atoms with Gasteiger partial charge in [-0.25, -0.2) is 4.79 Å². The number of amides is 1. The summed E-state index contributed by atoms with van der Waals surface area (Å²) in [5.74, 6) is 0.218. The summed E-state index contributed by atoms with van der Waals surface area (Å²) in [5.41, 5.74) is -0.494. The van der Waals surface area contributed by atoms with Crippen molar-refractivity contribution in [2.75, 3.05) is 26.8 Å². The summed E-state index contributed by atoms with van der Waals surface area (Å²) < 4.78 is 10.4. The average Bonchev–Trinajstić information content (AvgIpc) is 2.34. The van der Waals surface area contributed by atoms with Crippen molar-refractivity contribution in [3.63, 3.8) is 0 Å². The molecule has 5 nitrogen and oxygen atoms in total. The van der Waals surface area contributed by atoms with Crippen molar-refractivity contribution >= 4 is 11.9 Å². The van der Waals surface area contributed by atoms with Crippen LogP contribution in [0.3, 0.4) is 0 Å². The fraction of sp³-hybridized carbons (Fsp3) is 0.867. The Bertz CT molecular complexity index is 335. The lowest BCUT2D eigenvalue weighted by atomic mass is 9.91. The zero-order valence-corrected chi connectivity index (χ0v) is 13.1. The molecule has 116 valence electrons. The Morgan fingerprint density at radius 3 is 2.65 bits per heavy atom. The first-order valence-corrected chi connectivity index (χ1v) is 7.33. The van der Waals surface area contributed by atoms with Crippen LogP contribution in [0.4, 0.5) is 4.79 Å². The van der Waals surface area contributed by atoms with Crippen molar-refractivity contribution in [3.05, 3.63) is 0 Å². The molecule has 1 saturated heterocycles. The highest BCUT2D eigenvalue weighted by Crippen LogP contribution is 2.21. The zero-order chi connectivity index (χ0) is 15.2. The second-order valence-electron chi connectivity index (χ2n) is 6.33. The zero-order valence-electron chi connectivity index (χ0n) is 13.1. The number of hydrogen-bond acceptors (Lipinski definition) is 4. The standard InChI is InChI=1S/C15H27NO4/c1-15(2,3)20-14(18)16-9-8-13(17)12(11-16)7-5-6-10-19-4/h12H,5-11H2,1-4H3. The molecule has 1 atom stereocenters. The molecule has 1 rings (SSSR count). The van der Waals surface area contributed by atoms with E-state index >= 15 is 0 Å². The minimum absolute atomic E-state index is 0.0480. The van der Waals surface area contributed by atoms with Crippen molar-refractivity contribution in [1.82, 2.24) is 4.90 Å². The van der Waals surface area contributed by atoms with Crippen molar-refractivity contribution < 1.29 is 19.1 Å². The number of carbonyl (C=O) groups is 2. The van der Waals surface area contributed by atoms with Gasteiger partial charge in [0.15, 0.2) is 0 Å². The van der Waals surface area contributed by atoms with E-state index in [9.17, 15) is 9.59 Å². The van der Waals surface area contributed by atoms with Crippen LogP contribution in [0.15, 0.2) is 0 Å². The van der Waals surface area contributed by atoms with E-state index in [1.165, 1.54) is 0 Å². The van der Waals surface area contributed by atoms with E-state index in [4.69, 9.17) is 9.47 Å². The smallest absolute Gasteiger partial charge is 0.410 e. The second kappa shape index (κ2) is 7.62. The topological polar surface area (TPSA) is 55.8 Å². The van der Waals surface area contributed by atoms with Crippen LogP contribution < -0.4 is 0 Å². The molecule has 1 aliphatic heterocycles. The molecule has 0 saturated carbocycles. The van der Waals surface area contributed by atoms with Crippen molar-refractivity contribution in [2.45, 2.75) is 52.1 Å². The van der Waals surface area contributed by atoms with E-state index in [1.54, 1.807) is 12.0 Å². The molecule has 0 radical (unpaired) electrons. The molecule has 1 unspecified atom stereocenters. The SMILES string of the molecule is COCCCCC1CN(C(=O)OC(C)(C)C)CCC1=O. The molecule has 20 heavy (non-hydrogen) atoms. The highest BCUT2D eigenvalue weighted by Gasteiger charge is 2.31. The Balaban J connectivity index is 2.44. The summed E-state index contributed by atoms with van der Waals surface area (Å²) in [4.78, 5) is 25.6. The summed E-state index contributed by atoms with van der Waals surface area (Å²) in [5, 5.41) is 0. The van der Waals surface area contributed by atoms with E-state index in [1.807, 2.05) is 20.8 Å². The van der Waals surface area contributed by atoms with Crippen LogP contribution in [-0.2, 0) is 14.3 Å². The van der Waals surface area contributed by atoms with Gasteiger partial charge in [-0.05, 0) is 33.6 Å². The van der Waals surface area contributed by atoms with Gasteiger partial charge in [-0.3, -0.25) is 4.79 Å². The molecular formula is C15H27NO4. The number of unbranched alkanes of at least 4 members (excludes halogenated alkanes) is 1. The van der Waals surface area contributed by atoms with Gasteiger partial charge in [-0.2, -0.15) is 0 Å². The Morgan fingerprint density at radius 1 is 1.35 bits per heavy atom. The Hall–Kier alpha value is -1.10. The normalized spacial score (nSPS) is 20.1. The maximum absolute atomic E-state index is 12.0. The highest BCUT2D eigenvalue weighted by molar-refractivity contribution is 5.84. The first-order chi connectivity index (χ1) is 9.33. The first kappa shape index (κ1) is 17.0. The van der Waals surface area contributed by atoms with E-state index < -0.39 is 5.60 Å². The quantitative estimate of drug-likeness (QED) is 0.729. The molecule has 0 aliphatic carbocycles. The van der Waals surface area contributed by atoms with Crippen molar-refractivity contribution in [1.29, 1.82) is 0 Å². The monoisotopic (exact) mass is 285 g/mol. The van der Waals surface area contributed by atoms with Crippen LogP contribution in [0, 0.1) is 5.92 Å². The molecule has 1 heterocycles. The molecular weight excluding hydrogens is 258 g/mol. The van der Waals surface area contributed by atoms with Gasteiger partial charge in [0, 0.05) is 39.1 Å². The average molecular weight is 285 g/mol. The third-order valence-electron chi connectivity index (χ3n) is 3.33. The highest BCUT2D eigenvalue weighted by atomic mass is 16.6. The number of rotatable bonds is 5. The number of carbonyl (C=O) groups excluding carboxylic acids is 2. The summed E-state index contributed by atoms with van der Waals surface area (Å²) in [6.45, 7) is 7.23. The molecule has 0 spiro atoms. The van der Waals surface area contributed by atoms with Crippen LogP contribution in [0.2, 0.25) is 0 Å². The Kier molecular flexibility index (Phi) is 6.46. The minimum atomic E-state index is -0.494. The third-order valence-corrected chi connectivity index (χ3v) is 3.33. The van der Waals surface area contributed by atoms with E-state index in [-0.39, 0.29) is 17.8 Å². The number of likely N-dealkylation sites (tertiary alicyclic amines) is 1. The van der Waals surface area contributed by atoms with Gasteiger partial charge in [0.05, 0.1) is 0 Å². The maximum atomic E-state index is 12.0. The third kappa shape index (κ3) is 5.90. The van der Waals surface area contributed by atoms with Gasteiger partial charge in [0.1, 0.15) is 11.4 Å². The molecule has 0 N–H and O–H groups in total. The number of ketones is 1. The number of nitrogens with zero attached hydrogens (tertiary/aromatic N) is 1. The minimum Gasteiger partial charge on any atom is -0.444 e. The summed E-state index contributed by atoms with van der Waals surface area (Å²) in [6, 6.07) is 0. The number of hydrogen-bond donors (Lipinski definition) is 0. The van der Waals surface area contributed by atoms with Crippen LogP contribution >= 0.6 is 0 Å². The Labute approximate surface area is 121 Å². The molecule has 0 aromatic heterocycles. The van der Waals surface area contributed by atoms with Crippen molar-refractivity contribution in [3.8, 4) is 0 Å². The molecule has 1 aliphatic rings. The van der Waals surface area contributed by atoms with Gasteiger partial charge in [0.2, 0.25) is 0 Å². The lowest BCUT2D eigenvalue weighted by molar-refractivity contribution is -0.126. The van der Waals surface area contributed by atoms with Crippen LogP contribution in [-0.4, -0.2) is 49.2 Å². The largest absolute Gasteiger partial charge is 0.444 e. The number of ether oxygens (including phenoxy) is 2. The summed E-state index contributed by atoms with van der Waals surface area (Å²) in [7, 11) is 1.68. The number of methoxy groups -OCH3 is 1. The Morgan fingerprint density at radius 2 is 2.05 bits per heavy atom. The lowest BCUT2D eigenvalue weighted by Gasteiger charge is -2.33. The first-order valence-electron chi connectivity index (χ1n) is 7.33. The summed E-state index contributed by atoms with van der Waals surface area (Å²) in [6.07, 6.45) is 2.85.